The number of aliphatic hydroxyl groups excluding tert-OH is 1. The highest BCUT2D eigenvalue weighted by atomic mass is 32.2. The van der Waals surface area contributed by atoms with Crippen molar-refractivity contribution in [2.45, 2.75) is 49.5 Å². The topological polar surface area (TPSA) is 69.6 Å². The van der Waals surface area contributed by atoms with Crippen LogP contribution < -0.4 is 4.72 Å². The first-order chi connectivity index (χ1) is 7.97. The van der Waals surface area contributed by atoms with Crippen molar-refractivity contribution in [3.05, 3.63) is 0 Å². The van der Waals surface area contributed by atoms with Gasteiger partial charge in [-0.05, 0) is 45.7 Å². The molecule has 1 aliphatic heterocycles. The first-order valence-electron chi connectivity index (χ1n) is 6.35. The molecule has 0 aromatic heterocycles. The zero-order valence-corrected chi connectivity index (χ0v) is 11.1. The van der Waals surface area contributed by atoms with E-state index in [-0.39, 0.29) is 17.4 Å². The Balaban J connectivity index is 1.89. The highest BCUT2D eigenvalue weighted by Crippen LogP contribution is 2.21. The molecule has 1 saturated carbocycles. The van der Waals surface area contributed by atoms with Crippen LogP contribution in [0.3, 0.4) is 0 Å². The van der Waals surface area contributed by atoms with E-state index in [4.69, 9.17) is 0 Å². The van der Waals surface area contributed by atoms with Crippen LogP contribution in [0.4, 0.5) is 0 Å². The van der Waals surface area contributed by atoms with Crippen molar-refractivity contribution in [1.29, 1.82) is 0 Å². The third-order valence-corrected chi connectivity index (χ3v) is 5.74. The fourth-order valence-electron chi connectivity index (χ4n) is 2.67. The van der Waals surface area contributed by atoms with E-state index < -0.39 is 10.0 Å². The highest BCUT2D eigenvalue weighted by Gasteiger charge is 2.33. The number of likely N-dealkylation sites (tertiary alicyclic amines) is 1. The van der Waals surface area contributed by atoms with Gasteiger partial charge in [-0.3, -0.25) is 0 Å². The van der Waals surface area contributed by atoms with Crippen LogP contribution in [0.1, 0.15) is 32.1 Å². The molecule has 0 aromatic carbocycles. The van der Waals surface area contributed by atoms with Crippen molar-refractivity contribution in [3.8, 4) is 0 Å². The van der Waals surface area contributed by atoms with Gasteiger partial charge < -0.3 is 10.0 Å². The lowest BCUT2D eigenvalue weighted by Crippen LogP contribution is -2.43. The maximum absolute atomic E-state index is 12.1. The molecule has 17 heavy (non-hydrogen) atoms. The molecule has 100 valence electrons. The van der Waals surface area contributed by atoms with Crippen LogP contribution in [-0.2, 0) is 10.0 Å². The molecule has 5 nitrogen and oxygen atoms in total. The van der Waals surface area contributed by atoms with Gasteiger partial charge in [0.1, 0.15) is 0 Å². The standard InChI is InChI=1S/C11H22N2O3S/c1-13-7-6-11(8-13)17(15,16)12-9-2-4-10(14)5-3-9/h9-12,14H,2-8H2,1H3. The second kappa shape index (κ2) is 5.22. The molecule has 0 aromatic rings. The Hall–Kier alpha value is -0.170. The molecule has 0 bridgehead atoms. The quantitative estimate of drug-likeness (QED) is 0.746. The van der Waals surface area contributed by atoms with Gasteiger partial charge in [0.2, 0.25) is 10.0 Å². The predicted molar refractivity (Wildman–Crippen MR) is 66.2 cm³/mol. The summed E-state index contributed by atoms with van der Waals surface area (Å²) in [5.41, 5.74) is 0. The number of aliphatic hydroxyl groups is 1. The van der Waals surface area contributed by atoms with Crippen molar-refractivity contribution in [2.24, 2.45) is 0 Å². The maximum Gasteiger partial charge on any atom is 0.216 e. The number of nitrogens with one attached hydrogen (secondary N) is 1. The van der Waals surface area contributed by atoms with Crippen molar-refractivity contribution in [1.82, 2.24) is 9.62 Å². The summed E-state index contributed by atoms with van der Waals surface area (Å²) in [5, 5.41) is 9.12. The third-order valence-electron chi connectivity index (χ3n) is 3.81. The minimum atomic E-state index is -3.18. The van der Waals surface area contributed by atoms with Gasteiger partial charge >= 0.3 is 0 Å². The molecule has 0 spiro atoms. The van der Waals surface area contributed by atoms with Crippen molar-refractivity contribution >= 4 is 10.0 Å². The van der Waals surface area contributed by atoms with E-state index in [9.17, 15) is 13.5 Å². The monoisotopic (exact) mass is 262 g/mol. The largest absolute Gasteiger partial charge is 0.393 e. The van der Waals surface area contributed by atoms with Gasteiger partial charge in [0.25, 0.3) is 0 Å². The number of hydrogen-bond acceptors (Lipinski definition) is 4. The molecule has 2 aliphatic rings. The van der Waals surface area contributed by atoms with E-state index in [1.54, 1.807) is 0 Å². The van der Waals surface area contributed by atoms with Crippen LogP contribution in [0.25, 0.3) is 0 Å². The third kappa shape index (κ3) is 3.40. The first kappa shape index (κ1) is 13.3. The number of hydrogen-bond donors (Lipinski definition) is 2. The van der Waals surface area contributed by atoms with Crippen molar-refractivity contribution in [3.63, 3.8) is 0 Å². The molecule has 2 N–H and O–H groups in total. The average molecular weight is 262 g/mol. The molecule has 1 aliphatic carbocycles. The summed E-state index contributed by atoms with van der Waals surface area (Å²) in [5.74, 6) is 0. The van der Waals surface area contributed by atoms with Gasteiger partial charge in [0, 0.05) is 12.6 Å². The van der Waals surface area contributed by atoms with Crippen molar-refractivity contribution < 1.29 is 13.5 Å². The number of nitrogens with zero attached hydrogens (tertiary/aromatic N) is 1. The summed E-state index contributed by atoms with van der Waals surface area (Å²) >= 11 is 0. The Morgan fingerprint density at radius 3 is 2.35 bits per heavy atom. The molecule has 2 rings (SSSR count). The summed E-state index contributed by atoms with van der Waals surface area (Å²) < 4.78 is 27.1. The second-order valence-electron chi connectivity index (χ2n) is 5.34. The van der Waals surface area contributed by atoms with Gasteiger partial charge in [-0.2, -0.15) is 0 Å². The predicted octanol–water partition coefficient (Wildman–Crippen LogP) is -0.0866. The minimum absolute atomic E-state index is 0.0225. The van der Waals surface area contributed by atoms with Gasteiger partial charge in [-0.1, -0.05) is 0 Å². The second-order valence-corrected chi connectivity index (χ2v) is 7.33. The lowest BCUT2D eigenvalue weighted by molar-refractivity contribution is 0.120. The summed E-state index contributed by atoms with van der Waals surface area (Å²) in [6.45, 7) is 1.49. The molecule has 1 heterocycles. The SMILES string of the molecule is CN1CCC(S(=O)(=O)NC2CCC(O)CC2)C1. The summed E-state index contributed by atoms with van der Waals surface area (Å²) in [6, 6.07) is 0.0225. The van der Waals surface area contributed by atoms with E-state index in [0.29, 0.717) is 19.4 Å². The lowest BCUT2D eigenvalue weighted by atomic mass is 9.94. The van der Waals surface area contributed by atoms with Crippen LogP contribution in [0, 0.1) is 0 Å². The molecular weight excluding hydrogens is 240 g/mol. The van der Waals surface area contributed by atoms with E-state index in [0.717, 1.165) is 25.8 Å². The van der Waals surface area contributed by atoms with Crippen LogP contribution >= 0.6 is 0 Å². The van der Waals surface area contributed by atoms with Crippen LogP contribution in [0.15, 0.2) is 0 Å². The van der Waals surface area contributed by atoms with Gasteiger partial charge in [-0.15, -0.1) is 0 Å². The minimum Gasteiger partial charge on any atom is -0.393 e. The molecule has 1 saturated heterocycles. The summed E-state index contributed by atoms with van der Waals surface area (Å²) in [4.78, 5) is 2.05. The fourth-order valence-corrected chi connectivity index (χ4v) is 4.43. The zero-order valence-electron chi connectivity index (χ0n) is 10.3. The Morgan fingerprint density at radius 2 is 1.82 bits per heavy atom. The maximum atomic E-state index is 12.1. The van der Waals surface area contributed by atoms with E-state index in [1.807, 2.05) is 7.05 Å². The van der Waals surface area contributed by atoms with Crippen LogP contribution in [0.5, 0.6) is 0 Å². The van der Waals surface area contributed by atoms with E-state index >= 15 is 0 Å². The molecule has 1 unspecified atom stereocenters. The summed E-state index contributed by atoms with van der Waals surface area (Å²) in [6.07, 6.45) is 3.40. The average Bonchev–Trinajstić information content (AvgIpc) is 2.69. The van der Waals surface area contributed by atoms with E-state index in [1.165, 1.54) is 0 Å². The Bertz CT molecular complexity index is 350. The lowest BCUT2D eigenvalue weighted by Gasteiger charge is -2.27. The van der Waals surface area contributed by atoms with Crippen LogP contribution in [0.2, 0.25) is 0 Å². The molecule has 1 atom stereocenters. The van der Waals surface area contributed by atoms with Gasteiger partial charge in [0.05, 0.1) is 11.4 Å². The molecular formula is C11H22N2O3S. The first-order valence-corrected chi connectivity index (χ1v) is 7.90. The Morgan fingerprint density at radius 1 is 1.18 bits per heavy atom. The van der Waals surface area contributed by atoms with Gasteiger partial charge in [0.15, 0.2) is 0 Å². The smallest absolute Gasteiger partial charge is 0.216 e. The van der Waals surface area contributed by atoms with E-state index in [2.05, 4.69) is 9.62 Å². The zero-order chi connectivity index (χ0) is 12.5. The molecule has 0 radical (unpaired) electrons. The molecule has 6 heteroatoms. The van der Waals surface area contributed by atoms with Crippen molar-refractivity contribution in [2.75, 3.05) is 20.1 Å². The molecule has 2 fully saturated rings. The number of rotatable bonds is 3. The van der Waals surface area contributed by atoms with Crippen LogP contribution in [-0.4, -0.2) is 56.0 Å². The Kier molecular flexibility index (Phi) is 4.07. The fraction of sp³-hybridized carbons (Fsp3) is 1.00. The normalized spacial score (nSPS) is 36.2. The Labute approximate surface area is 103 Å². The molecule has 0 amide bonds. The number of sulfonamides is 1. The van der Waals surface area contributed by atoms with Gasteiger partial charge in [-0.25, -0.2) is 13.1 Å². The summed E-state index contributed by atoms with van der Waals surface area (Å²) in [7, 11) is -1.23. The highest BCUT2D eigenvalue weighted by molar-refractivity contribution is 7.90.